The molecule has 2 aromatic rings. The summed E-state index contributed by atoms with van der Waals surface area (Å²) in [6, 6.07) is 5.91. The van der Waals surface area contributed by atoms with Crippen LogP contribution in [0, 0.1) is 0 Å². The van der Waals surface area contributed by atoms with E-state index in [2.05, 4.69) is 18.8 Å². The SMILES string of the molecule is CC(C)n1c(Cl)nc2cc(Cl)ccc21. The van der Waals surface area contributed by atoms with E-state index in [1.165, 1.54) is 0 Å². The third-order valence-electron chi connectivity index (χ3n) is 2.12. The molecule has 0 fully saturated rings. The zero-order valence-electron chi connectivity index (χ0n) is 7.96. The number of aromatic nitrogens is 2. The monoisotopic (exact) mass is 228 g/mol. The number of benzene rings is 1. The molecule has 14 heavy (non-hydrogen) atoms. The van der Waals surface area contributed by atoms with Crippen molar-refractivity contribution < 1.29 is 0 Å². The Hall–Kier alpha value is -0.730. The maximum atomic E-state index is 6.02. The third-order valence-corrected chi connectivity index (χ3v) is 2.63. The summed E-state index contributed by atoms with van der Waals surface area (Å²) >= 11 is 11.9. The Morgan fingerprint density at radius 2 is 2.00 bits per heavy atom. The molecule has 2 rings (SSSR count). The lowest BCUT2D eigenvalue weighted by Crippen LogP contribution is -1.99. The first-order valence-corrected chi connectivity index (χ1v) is 5.18. The summed E-state index contributed by atoms with van der Waals surface area (Å²) < 4.78 is 1.98. The number of nitrogens with zero attached hydrogens (tertiary/aromatic N) is 2. The second kappa shape index (κ2) is 3.44. The zero-order valence-corrected chi connectivity index (χ0v) is 9.47. The number of hydrogen-bond acceptors (Lipinski definition) is 1. The minimum atomic E-state index is 0.300. The van der Waals surface area contributed by atoms with Crippen LogP contribution in [0.1, 0.15) is 19.9 Å². The summed E-state index contributed by atoms with van der Waals surface area (Å²) in [5.74, 6) is 0. The Bertz CT molecular complexity index is 474. The fourth-order valence-corrected chi connectivity index (χ4v) is 2.08. The van der Waals surface area contributed by atoms with Crippen LogP contribution < -0.4 is 0 Å². The molecule has 0 amide bonds. The first-order chi connectivity index (χ1) is 6.59. The van der Waals surface area contributed by atoms with Gasteiger partial charge in [-0.05, 0) is 43.6 Å². The fraction of sp³-hybridized carbons (Fsp3) is 0.300. The number of imidazole rings is 1. The molecule has 1 heterocycles. The molecular weight excluding hydrogens is 219 g/mol. The van der Waals surface area contributed by atoms with E-state index in [0.717, 1.165) is 11.0 Å². The highest BCUT2D eigenvalue weighted by Crippen LogP contribution is 2.26. The summed E-state index contributed by atoms with van der Waals surface area (Å²) in [5.41, 5.74) is 1.87. The predicted molar refractivity (Wildman–Crippen MR) is 60.1 cm³/mol. The molecule has 0 atom stereocenters. The van der Waals surface area contributed by atoms with Crippen molar-refractivity contribution in [2.45, 2.75) is 19.9 Å². The summed E-state index contributed by atoms with van der Waals surface area (Å²) in [6.07, 6.45) is 0. The molecule has 74 valence electrons. The molecule has 0 aliphatic rings. The highest BCUT2D eigenvalue weighted by Gasteiger charge is 2.11. The molecule has 0 unspecified atom stereocenters. The van der Waals surface area contributed by atoms with E-state index >= 15 is 0 Å². The highest BCUT2D eigenvalue weighted by atomic mass is 35.5. The molecule has 0 radical (unpaired) electrons. The van der Waals surface area contributed by atoms with Crippen LogP contribution in [-0.4, -0.2) is 9.55 Å². The molecular formula is C10H10Cl2N2. The van der Waals surface area contributed by atoms with Crippen molar-refractivity contribution in [1.29, 1.82) is 0 Å². The van der Waals surface area contributed by atoms with Crippen molar-refractivity contribution in [3.05, 3.63) is 28.5 Å². The zero-order chi connectivity index (χ0) is 10.3. The Morgan fingerprint density at radius 3 is 2.64 bits per heavy atom. The van der Waals surface area contributed by atoms with Gasteiger partial charge < -0.3 is 4.57 Å². The molecule has 0 aliphatic carbocycles. The van der Waals surface area contributed by atoms with Gasteiger partial charge in [-0.3, -0.25) is 0 Å². The average molecular weight is 229 g/mol. The Labute approximate surface area is 92.5 Å². The van der Waals surface area contributed by atoms with Crippen molar-refractivity contribution >= 4 is 34.2 Å². The normalized spacial score (nSPS) is 11.5. The van der Waals surface area contributed by atoms with E-state index in [1.807, 2.05) is 22.8 Å². The quantitative estimate of drug-likeness (QED) is 0.724. The first kappa shape index (κ1) is 9.81. The topological polar surface area (TPSA) is 17.8 Å². The van der Waals surface area contributed by atoms with Crippen molar-refractivity contribution in [2.75, 3.05) is 0 Å². The maximum absolute atomic E-state index is 6.02. The minimum Gasteiger partial charge on any atom is -0.312 e. The Kier molecular flexibility index (Phi) is 2.41. The lowest BCUT2D eigenvalue weighted by molar-refractivity contribution is 0.618. The van der Waals surface area contributed by atoms with Crippen LogP contribution in [0.5, 0.6) is 0 Å². The Morgan fingerprint density at radius 1 is 1.29 bits per heavy atom. The smallest absolute Gasteiger partial charge is 0.204 e. The van der Waals surface area contributed by atoms with Crippen molar-refractivity contribution in [3.8, 4) is 0 Å². The van der Waals surface area contributed by atoms with Gasteiger partial charge in [0.15, 0.2) is 0 Å². The molecule has 0 N–H and O–H groups in total. The van der Waals surface area contributed by atoms with Gasteiger partial charge in [-0.1, -0.05) is 11.6 Å². The third kappa shape index (κ3) is 1.49. The van der Waals surface area contributed by atoms with E-state index in [1.54, 1.807) is 0 Å². The van der Waals surface area contributed by atoms with Crippen LogP contribution in [0.4, 0.5) is 0 Å². The minimum absolute atomic E-state index is 0.300. The van der Waals surface area contributed by atoms with Gasteiger partial charge in [0.05, 0.1) is 11.0 Å². The van der Waals surface area contributed by atoms with Gasteiger partial charge in [-0.2, -0.15) is 0 Å². The molecule has 4 heteroatoms. The highest BCUT2D eigenvalue weighted by molar-refractivity contribution is 6.31. The van der Waals surface area contributed by atoms with Gasteiger partial charge in [0, 0.05) is 11.1 Å². The number of halogens is 2. The van der Waals surface area contributed by atoms with Gasteiger partial charge in [0.1, 0.15) is 0 Å². The van der Waals surface area contributed by atoms with E-state index < -0.39 is 0 Å². The van der Waals surface area contributed by atoms with Gasteiger partial charge in [-0.25, -0.2) is 4.98 Å². The molecule has 1 aromatic carbocycles. The van der Waals surface area contributed by atoms with Gasteiger partial charge in [0.25, 0.3) is 0 Å². The van der Waals surface area contributed by atoms with Gasteiger partial charge in [-0.15, -0.1) is 0 Å². The van der Waals surface area contributed by atoms with Gasteiger partial charge in [0.2, 0.25) is 5.28 Å². The van der Waals surface area contributed by atoms with Crippen LogP contribution in [0.25, 0.3) is 11.0 Å². The lowest BCUT2D eigenvalue weighted by atomic mass is 10.3. The molecule has 2 nitrogen and oxygen atoms in total. The largest absolute Gasteiger partial charge is 0.312 e. The summed E-state index contributed by atoms with van der Waals surface area (Å²) in [7, 11) is 0. The van der Waals surface area contributed by atoms with E-state index in [9.17, 15) is 0 Å². The molecule has 1 aromatic heterocycles. The maximum Gasteiger partial charge on any atom is 0.204 e. The second-order valence-electron chi connectivity index (χ2n) is 3.48. The van der Waals surface area contributed by atoms with Crippen molar-refractivity contribution in [2.24, 2.45) is 0 Å². The van der Waals surface area contributed by atoms with Crippen LogP contribution in [0.2, 0.25) is 10.3 Å². The first-order valence-electron chi connectivity index (χ1n) is 4.42. The second-order valence-corrected chi connectivity index (χ2v) is 4.25. The van der Waals surface area contributed by atoms with E-state index in [0.29, 0.717) is 16.3 Å². The number of hydrogen-bond donors (Lipinski definition) is 0. The number of fused-ring (bicyclic) bond motifs is 1. The molecule has 0 saturated carbocycles. The Balaban J connectivity index is 2.77. The van der Waals surface area contributed by atoms with Gasteiger partial charge >= 0.3 is 0 Å². The predicted octanol–water partition coefficient (Wildman–Crippen LogP) is 3.92. The lowest BCUT2D eigenvalue weighted by Gasteiger charge is -2.08. The molecule has 0 saturated heterocycles. The molecule has 0 spiro atoms. The van der Waals surface area contributed by atoms with Crippen molar-refractivity contribution in [3.63, 3.8) is 0 Å². The average Bonchev–Trinajstić information content (AvgIpc) is 2.39. The van der Waals surface area contributed by atoms with Crippen molar-refractivity contribution in [1.82, 2.24) is 9.55 Å². The fourth-order valence-electron chi connectivity index (χ4n) is 1.53. The standard InChI is InChI=1S/C10H10Cl2N2/c1-6(2)14-9-4-3-7(11)5-8(9)13-10(14)12/h3-6H,1-2H3. The summed E-state index contributed by atoms with van der Waals surface area (Å²) in [4.78, 5) is 4.24. The van der Waals surface area contributed by atoms with Crippen LogP contribution >= 0.6 is 23.2 Å². The molecule has 0 aliphatic heterocycles. The summed E-state index contributed by atoms with van der Waals surface area (Å²) in [6.45, 7) is 4.14. The van der Waals surface area contributed by atoms with E-state index in [4.69, 9.17) is 23.2 Å². The van der Waals surface area contributed by atoms with Crippen LogP contribution in [0.15, 0.2) is 18.2 Å². The van der Waals surface area contributed by atoms with Crippen LogP contribution in [-0.2, 0) is 0 Å². The summed E-state index contributed by atoms with van der Waals surface area (Å²) in [5, 5.41) is 1.19. The number of rotatable bonds is 1. The molecule has 0 bridgehead atoms. The van der Waals surface area contributed by atoms with E-state index in [-0.39, 0.29) is 0 Å². The van der Waals surface area contributed by atoms with Crippen LogP contribution in [0.3, 0.4) is 0 Å².